The average Bonchev–Trinajstić information content (AvgIpc) is 2.89. The molecule has 22 heteroatoms. The average molecular weight is 588 g/mol. The van der Waals surface area contributed by atoms with Crippen LogP contribution in [0.2, 0.25) is 0 Å². The molecule has 0 aromatic heterocycles. The number of hydrogen-bond donors (Lipinski definition) is 0. The monoisotopic (exact) mass is 588 g/mol. The van der Waals surface area contributed by atoms with Gasteiger partial charge in [-0.3, -0.25) is 0 Å². The first-order valence-electron chi connectivity index (χ1n) is 8.46. The molecule has 1 heterocycles. The van der Waals surface area contributed by atoms with E-state index in [9.17, 15) is 79.0 Å². The minimum absolute atomic E-state index is 0.163. The van der Waals surface area contributed by atoms with E-state index in [-0.39, 0.29) is 13.8 Å². The maximum atomic E-state index is 13.9. The van der Waals surface area contributed by atoms with Gasteiger partial charge < -0.3 is 0 Å². The summed E-state index contributed by atoms with van der Waals surface area (Å²) in [6, 6.07) is 0. The summed E-state index contributed by atoms with van der Waals surface area (Å²) in [5.41, 5.74) is 0. The molecule has 1 aliphatic heterocycles. The molecule has 1 aliphatic rings. The van der Waals surface area contributed by atoms with E-state index in [1.807, 2.05) is 0 Å². The molecule has 0 atom stereocenters. The zero-order valence-corrected chi connectivity index (χ0v) is 17.4. The van der Waals surface area contributed by atoms with Gasteiger partial charge in [0.1, 0.15) is 0 Å². The van der Waals surface area contributed by atoms with Gasteiger partial charge in [0.25, 0.3) is 0 Å². The maximum absolute atomic E-state index is 13.9. The normalized spacial score (nSPS) is 24.3. The molecule has 0 aromatic rings. The second-order valence-corrected chi connectivity index (χ2v) is 11.9. The van der Waals surface area contributed by atoms with Crippen LogP contribution in [0.5, 0.6) is 0 Å². The summed E-state index contributed by atoms with van der Waals surface area (Å²) < 4.78 is 252. The first-order valence-corrected chi connectivity index (χ1v) is 10.9. The van der Waals surface area contributed by atoms with Gasteiger partial charge >= 0.3 is 180 Å². The molecular formula is C13H11F18O3P. The molecule has 0 spiro atoms. The molecule has 0 aromatic carbocycles. The quantitative estimate of drug-likeness (QED) is 0.250. The van der Waals surface area contributed by atoms with E-state index >= 15 is 0 Å². The summed E-state index contributed by atoms with van der Waals surface area (Å²) in [5, 5.41) is -7.06. The Morgan fingerprint density at radius 3 is 1.11 bits per heavy atom. The zero-order chi connectivity index (χ0) is 28.6. The van der Waals surface area contributed by atoms with E-state index in [0.29, 0.717) is 0 Å². The Morgan fingerprint density at radius 2 is 0.914 bits per heavy atom. The van der Waals surface area contributed by atoms with E-state index in [2.05, 4.69) is 13.8 Å². The second kappa shape index (κ2) is 8.02. The van der Waals surface area contributed by atoms with E-state index in [1.54, 1.807) is 0 Å². The minimum atomic E-state index is -8.70. The van der Waals surface area contributed by atoms with Gasteiger partial charge in [-0.25, -0.2) is 0 Å². The molecule has 0 amide bonds. The molecule has 1 saturated heterocycles. The molecule has 1 fully saturated rings. The summed E-state index contributed by atoms with van der Waals surface area (Å²) in [6.07, 6.45) is -55.0. The Bertz CT molecular complexity index is 738. The molecule has 0 aliphatic carbocycles. The molecule has 212 valence electrons. The van der Waals surface area contributed by atoms with Crippen molar-refractivity contribution in [3.8, 4) is 0 Å². The van der Waals surface area contributed by atoms with Crippen LogP contribution >= 0.6 is 7.06 Å². The van der Waals surface area contributed by atoms with Crippen LogP contribution in [0.4, 0.5) is 79.0 Å². The predicted octanol–water partition coefficient (Wildman–Crippen LogP) is 7.61. The van der Waals surface area contributed by atoms with Crippen molar-refractivity contribution in [1.29, 1.82) is 0 Å². The summed E-state index contributed by atoms with van der Waals surface area (Å²) in [4.78, 5) is 0. The third-order valence-corrected chi connectivity index (χ3v) is 11.0. The predicted molar refractivity (Wildman–Crippen MR) is 76.8 cm³/mol. The fourth-order valence-corrected chi connectivity index (χ4v) is 8.75. The number of halogens is 18. The molecular weight excluding hydrogens is 577 g/mol. The number of rotatable bonds is 4. The van der Waals surface area contributed by atoms with Crippen molar-refractivity contribution >= 4 is 7.06 Å². The third-order valence-electron chi connectivity index (χ3n) is 5.07. The van der Waals surface area contributed by atoms with Crippen molar-refractivity contribution in [2.75, 3.05) is 12.3 Å². The molecule has 0 N–H and O–H groups in total. The van der Waals surface area contributed by atoms with Gasteiger partial charge in [0.15, 0.2) is 0 Å². The van der Waals surface area contributed by atoms with Crippen molar-refractivity contribution in [3.05, 3.63) is 0 Å². The molecule has 0 saturated carbocycles. The van der Waals surface area contributed by atoms with Crippen LogP contribution in [0.25, 0.3) is 0 Å². The van der Waals surface area contributed by atoms with Crippen LogP contribution in [-0.2, 0) is 13.8 Å². The second-order valence-electron chi connectivity index (χ2n) is 6.96. The van der Waals surface area contributed by atoms with Crippen LogP contribution in [-0.4, -0.2) is 66.6 Å². The van der Waals surface area contributed by atoms with Gasteiger partial charge in [-0.05, 0) is 0 Å². The van der Waals surface area contributed by atoms with Crippen molar-refractivity contribution in [2.45, 2.75) is 68.1 Å². The number of alkyl halides is 18. The summed E-state index contributed by atoms with van der Waals surface area (Å²) in [7, 11) is -8.70. The first kappa shape index (κ1) is 32.1. The summed E-state index contributed by atoms with van der Waals surface area (Å²) in [5.74, 6) is -6.99. The molecule has 35 heavy (non-hydrogen) atoms. The number of ether oxygens (including phenoxy) is 1. The Hall–Kier alpha value is -0.950. The van der Waals surface area contributed by atoms with E-state index in [1.165, 1.54) is 0 Å². The molecule has 3 nitrogen and oxygen atoms in total. The van der Waals surface area contributed by atoms with Crippen molar-refractivity contribution in [2.24, 2.45) is 0 Å². The van der Waals surface area contributed by atoms with Crippen LogP contribution in [0.15, 0.2) is 0 Å². The van der Waals surface area contributed by atoms with Crippen LogP contribution < -0.4 is 0 Å². The Kier molecular flexibility index (Phi) is 7.35. The van der Waals surface area contributed by atoms with Crippen molar-refractivity contribution in [1.82, 2.24) is 0 Å². The standard InChI is InChI=1S/C13H11F18O3P/c1-3-35(4-2,32-5(6(14,15)16)7(17,18)19)9(12(26,27)28,13(29,30)31)33-8(34-35,10(20,21)22)11(23,24)25/h5H,3-4H2,1-2H3. The SMILES string of the molecule is CCP1(CC)(OC(C(F)(F)F)C(F)(F)F)OC(C(F)(F)F)(C(F)(F)F)OC1(C(F)(F)F)C(F)(F)F. The molecule has 0 radical (unpaired) electrons. The van der Waals surface area contributed by atoms with Gasteiger partial charge in [-0.1, -0.05) is 0 Å². The van der Waals surface area contributed by atoms with Gasteiger partial charge in [0.05, 0.1) is 0 Å². The Balaban J connectivity index is 4.49. The van der Waals surface area contributed by atoms with Crippen LogP contribution in [0, 0.1) is 0 Å². The number of hydrogen-bond acceptors (Lipinski definition) is 3. The van der Waals surface area contributed by atoms with Gasteiger partial charge in [-0.15, -0.1) is 0 Å². The summed E-state index contributed by atoms with van der Waals surface area (Å²) >= 11 is 0. The van der Waals surface area contributed by atoms with Crippen LogP contribution in [0.3, 0.4) is 0 Å². The van der Waals surface area contributed by atoms with Gasteiger partial charge in [-0.2, -0.15) is 0 Å². The molecule has 0 bridgehead atoms. The zero-order valence-electron chi connectivity index (χ0n) is 16.5. The van der Waals surface area contributed by atoms with E-state index in [0.717, 1.165) is 0 Å². The molecule has 0 unspecified atom stereocenters. The fraction of sp³-hybridized carbons (Fsp3) is 1.00. The fourth-order valence-electron chi connectivity index (χ4n) is 3.51. The third kappa shape index (κ3) is 4.30. The van der Waals surface area contributed by atoms with Gasteiger partial charge in [0.2, 0.25) is 0 Å². The van der Waals surface area contributed by atoms with Crippen molar-refractivity contribution in [3.63, 3.8) is 0 Å². The van der Waals surface area contributed by atoms with Crippen LogP contribution in [0.1, 0.15) is 13.8 Å². The van der Waals surface area contributed by atoms with Crippen molar-refractivity contribution < 1.29 is 92.8 Å². The topological polar surface area (TPSA) is 27.7 Å². The summed E-state index contributed by atoms with van der Waals surface area (Å²) in [6.45, 7) is -0.326. The Morgan fingerprint density at radius 1 is 0.600 bits per heavy atom. The van der Waals surface area contributed by atoms with E-state index < -0.39 is 73.7 Å². The molecule has 1 rings (SSSR count). The Labute approximate surface area is 181 Å². The van der Waals surface area contributed by atoms with E-state index in [4.69, 9.17) is 0 Å². The van der Waals surface area contributed by atoms with Gasteiger partial charge in [0, 0.05) is 0 Å². The first-order chi connectivity index (χ1) is 14.9.